The Balaban J connectivity index is 1.73. The highest BCUT2D eigenvalue weighted by Gasteiger charge is 2.27. The molecule has 1 saturated heterocycles. The van der Waals surface area contributed by atoms with Crippen molar-refractivity contribution in [2.75, 3.05) is 64.0 Å². The number of nitrogens with zero attached hydrogens (tertiary/aromatic N) is 5. The summed E-state index contributed by atoms with van der Waals surface area (Å²) >= 11 is 0. The fourth-order valence-corrected chi connectivity index (χ4v) is 4.80. The van der Waals surface area contributed by atoms with E-state index in [0.717, 1.165) is 44.0 Å². The van der Waals surface area contributed by atoms with Gasteiger partial charge in [-0.25, -0.2) is 13.4 Å². The zero-order valence-corrected chi connectivity index (χ0v) is 19.1. The van der Waals surface area contributed by atoms with Crippen LogP contribution in [0.5, 0.6) is 0 Å². The number of anilines is 1. The molecule has 0 atom stereocenters. The summed E-state index contributed by atoms with van der Waals surface area (Å²) in [4.78, 5) is 12.8. The standard InChI is InChI=1S/C21H36N6O2S/c1-4-5-6-7-10-14-25(3)21(22-2)24-13-19-30(28,29)27-17-15-26(16-18-27)20-11-8-9-12-23-20/h4,8-9,11-12H,1,5-7,10,13-19H2,2-3H3,(H,22,24). The van der Waals surface area contributed by atoms with Crippen molar-refractivity contribution in [1.82, 2.24) is 19.5 Å². The molecule has 0 aromatic carbocycles. The van der Waals surface area contributed by atoms with Crippen LogP contribution in [-0.2, 0) is 10.0 Å². The van der Waals surface area contributed by atoms with E-state index in [-0.39, 0.29) is 5.75 Å². The van der Waals surface area contributed by atoms with Crippen LogP contribution in [0.2, 0.25) is 0 Å². The summed E-state index contributed by atoms with van der Waals surface area (Å²) < 4.78 is 27.0. The maximum absolute atomic E-state index is 12.7. The Morgan fingerprint density at radius 1 is 1.27 bits per heavy atom. The second kappa shape index (κ2) is 12.5. The van der Waals surface area contributed by atoms with Crippen molar-refractivity contribution in [3.05, 3.63) is 37.1 Å². The lowest BCUT2D eigenvalue weighted by Crippen LogP contribution is -2.50. The molecule has 2 heterocycles. The van der Waals surface area contributed by atoms with Crippen LogP contribution in [0, 0.1) is 0 Å². The zero-order chi connectivity index (χ0) is 21.8. The predicted octanol–water partition coefficient (Wildman–Crippen LogP) is 1.79. The number of aromatic nitrogens is 1. The first-order chi connectivity index (χ1) is 14.5. The summed E-state index contributed by atoms with van der Waals surface area (Å²) in [5, 5.41) is 3.18. The average molecular weight is 437 g/mol. The molecule has 8 nitrogen and oxygen atoms in total. The molecule has 1 aromatic rings. The highest BCUT2D eigenvalue weighted by Crippen LogP contribution is 2.14. The van der Waals surface area contributed by atoms with Crippen molar-refractivity contribution in [3.63, 3.8) is 0 Å². The van der Waals surface area contributed by atoms with E-state index in [9.17, 15) is 8.42 Å². The number of nitrogens with one attached hydrogen (secondary N) is 1. The third-order valence-electron chi connectivity index (χ3n) is 5.22. The molecule has 1 aliphatic heterocycles. The lowest BCUT2D eigenvalue weighted by atomic mass is 10.2. The van der Waals surface area contributed by atoms with Crippen LogP contribution in [0.3, 0.4) is 0 Å². The van der Waals surface area contributed by atoms with Crippen molar-refractivity contribution in [3.8, 4) is 0 Å². The molecule has 30 heavy (non-hydrogen) atoms. The van der Waals surface area contributed by atoms with Gasteiger partial charge in [0.15, 0.2) is 5.96 Å². The summed E-state index contributed by atoms with van der Waals surface area (Å²) in [5.41, 5.74) is 0. The van der Waals surface area contributed by atoms with Crippen LogP contribution in [0.15, 0.2) is 42.0 Å². The minimum absolute atomic E-state index is 0.0583. The fraction of sp³-hybridized carbons (Fsp3) is 0.619. The molecule has 0 amide bonds. The molecule has 0 radical (unpaired) electrons. The molecular formula is C21H36N6O2S. The Morgan fingerprint density at radius 3 is 2.67 bits per heavy atom. The number of guanidine groups is 1. The summed E-state index contributed by atoms with van der Waals surface area (Å²) in [6.45, 7) is 7.25. The van der Waals surface area contributed by atoms with Crippen LogP contribution in [0.4, 0.5) is 5.82 Å². The van der Waals surface area contributed by atoms with Crippen LogP contribution in [-0.4, -0.2) is 87.7 Å². The summed E-state index contributed by atoms with van der Waals surface area (Å²) in [6, 6.07) is 5.78. The molecule has 0 saturated carbocycles. The summed E-state index contributed by atoms with van der Waals surface area (Å²) in [7, 11) is 0.400. The number of hydrogen-bond donors (Lipinski definition) is 1. The van der Waals surface area contributed by atoms with Crippen LogP contribution in [0.1, 0.15) is 25.7 Å². The fourth-order valence-electron chi connectivity index (χ4n) is 3.46. The van der Waals surface area contributed by atoms with Crippen molar-refractivity contribution in [1.29, 1.82) is 0 Å². The summed E-state index contributed by atoms with van der Waals surface area (Å²) in [5.74, 6) is 1.68. The second-order valence-corrected chi connectivity index (χ2v) is 9.51. The van der Waals surface area contributed by atoms with Gasteiger partial charge in [0.25, 0.3) is 0 Å². The first kappa shape index (κ1) is 24.1. The van der Waals surface area contributed by atoms with Gasteiger partial charge in [0.2, 0.25) is 10.0 Å². The van der Waals surface area contributed by atoms with Gasteiger partial charge in [-0.1, -0.05) is 18.6 Å². The number of unbranched alkanes of at least 4 members (excludes halogenated alkanes) is 3. The van der Waals surface area contributed by atoms with Gasteiger partial charge in [-0.05, 0) is 31.4 Å². The van der Waals surface area contributed by atoms with Crippen LogP contribution in [0.25, 0.3) is 0 Å². The zero-order valence-electron chi connectivity index (χ0n) is 18.3. The molecule has 1 fully saturated rings. The smallest absolute Gasteiger partial charge is 0.215 e. The minimum atomic E-state index is -3.30. The third kappa shape index (κ3) is 7.60. The van der Waals surface area contributed by atoms with Gasteiger partial charge in [-0.2, -0.15) is 4.31 Å². The number of aliphatic imine (C=N–C) groups is 1. The van der Waals surface area contributed by atoms with E-state index >= 15 is 0 Å². The Morgan fingerprint density at radius 2 is 2.03 bits per heavy atom. The molecule has 1 aliphatic rings. The molecule has 0 spiro atoms. The van der Waals surface area contributed by atoms with Crippen molar-refractivity contribution < 1.29 is 8.42 Å². The van der Waals surface area contributed by atoms with E-state index < -0.39 is 10.0 Å². The lowest BCUT2D eigenvalue weighted by molar-refractivity contribution is 0.383. The first-order valence-electron chi connectivity index (χ1n) is 10.6. The normalized spacial score (nSPS) is 15.8. The molecule has 0 bridgehead atoms. The van der Waals surface area contributed by atoms with Gasteiger partial charge in [0, 0.05) is 59.6 Å². The molecule has 0 aliphatic carbocycles. The largest absolute Gasteiger partial charge is 0.355 e. The number of pyridine rings is 1. The van der Waals surface area contributed by atoms with E-state index in [1.807, 2.05) is 36.2 Å². The van der Waals surface area contributed by atoms with Gasteiger partial charge < -0.3 is 15.1 Å². The van der Waals surface area contributed by atoms with Gasteiger partial charge in [0.1, 0.15) is 5.82 Å². The molecule has 168 valence electrons. The Labute approximate surface area is 181 Å². The number of sulfonamides is 1. The molecule has 1 N–H and O–H groups in total. The number of rotatable bonds is 11. The van der Waals surface area contributed by atoms with E-state index in [0.29, 0.717) is 32.7 Å². The highest BCUT2D eigenvalue weighted by molar-refractivity contribution is 7.89. The minimum Gasteiger partial charge on any atom is -0.355 e. The molecule has 0 unspecified atom stereocenters. The average Bonchev–Trinajstić information content (AvgIpc) is 2.77. The van der Waals surface area contributed by atoms with Crippen LogP contribution < -0.4 is 10.2 Å². The van der Waals surface area contributed by atoms with Crippen molar-refractivity contribution in [2.24, 2.45) is 4.99 Å². The van der Waals surface area contributed by atoms with Crippen molar-refractivity contribution in [2.45, 2.75) is 25.7 Å². The lowest BCUT2D eigenvalue weighted by Gasteiger charge is -2.34. The first-order valence-corrected chi connectivity index (χ1v) is 12.3. The summed E-state index contributed by atoms with van der Waals surface area (Å²) in [6.07, 6.45) is 8.12. The monoisotopic (exact) mass is 436 g/mol. The van der Waals surface area contributed by atoms with Gasteiger partial charge in [-0.15, -0.1) is 6.58 Å². The van der Waals surface area contributed by atoms with E-state index in [2.05, 4.69) is 26.8 Å². The number of allylic oxidation sites excluding steroid dienone is 1. The van der Waals surface area contributed by atoms with Crippen LogP contribution >= 0.6 is 0 Å². The molecule has 1 aromatic heterocycles. The van der Waals surface area contributed by atoms with Crippen molar-refractivity contribution >= 4 is 21.8 Å². The maximum atomic E-state index is 12.7. The van der Waals surface area contributed by atoms with Gasteiger partial charge in [0.05, 0.1) is 5.75 Å². The number of hydrogen-bond acceptors (Lipinski definition) is 5. The van der Waals surface area contributed by atoms with Gasteiger partial charge >= 0.3 is 0 Å². The number of piperazine rings is 1. The van der Waals surface area contributed by atoms with E-state index in [1.54, 1.807) is 17.5 Å². The third-order valence-corrected chi connectivity index (χ3v) is 7.10. The predicted molar refractivity (Wildman–Crippen MR) is 124 cm³/mol. The Hall–Kier alpha value is -2.13. The van der Waals surface area contributed by atoms with E-state index in [1.165, 1.54) is 0 Å². The SMILES string of the molecule is C=CCCCCCN(C)C(=NC)NCCS(=O)(=O)N1CCN(c2ccccn2)CC1. The second-order valence-electron chi connectivity index (χ2n) is 7.42. The highest BCUT2D eigenvalue weighted by atomic mass is 32.2. The molecule has 9 heteroatoms. The topological polar surface area (TPSA) is 81.1 Å². The molecule has 2 rings (SSSR count). The maximum Gasteiger partial charge on any atom is 0.215 e. The Bertz CT molecular complexity index is 761. The van der Waals surface area contributed by atoms with Gasteiger partial charge in [-0.3, -0.25) is 4.99 Å². The van der Waals surface area contributed by atoms with E-state index in [4.69, 9.17) is 0 Å². The quantitative estimate of drug-likeness (QED) is 0.247. The Kier molecular flexibility index (Phi) is 10.1. The molecular weight excluding hydrogens is 400 g/mol.